The topological polar surface area (TPSA) is 57.2 Å². The number of benzene rings is 3. The third-order valence-electron chi connectivity index (χ3n) is 4.64. The second-order valence-corrected chi connectivity index (χ2v) is 11.0. The van der Waals surface area contributed by atoms with Gasteiger partial charge in [-0.2, -0.15) is 52.7 Å². The molecule has 0 N–H and O–H groups in total. The van der Waals surface area contributed by atoms with Gasteiger partial charge >= 0.3 is 46.4 Å². The molecular weight excluding hydrogens is 800 g/mol. The number of hydrogen-bond donors (Lipinski definition) is 0. The Morgan fingerprint density at radius 3 is 0.775 bits per heavy atom. The monoisotopic (exact) mass is 812 g/mol. The van der Waals surface area contributed by atoms with Crippen LogP contribution >= 0.6 is 7.92 Å². The zero-order chi connectivity index (χ0) is 30.0. The molecule has 18 heteroatoms. The first-order chi connectivity index (χ1) is 17.5. The van der Waals surface area contributed by atoms with Gasteiger partial charge in [0, 0.05) is 0 Å². The third-order valence-corrected chi connectivity index (χ3v) is 7.65. The Balaban J connectivity index is 0.000000777. The van der Waals surface area contributed by atoms with E-state index >= 15 is 0 Å². The number of alkyl halides is 12. The minimum absolute atomic E-state index is 0. The molecule has 0 atom stereocenters. The standard InChI is InChI=1S/C21H12F9P.CHF3O3S.Au/c22-19(23,24)13-1-7-16(8-2-13)31(17-9-3-14(4-10-17)20(25,26)27)18-11-5-15(6-12-18)21(28,29)30;2-1(3,4)8(5,6)7;/h1-12H;(H,5,6,7);/q;;+1/p-1. The summed E-state index contributed by atoms with van der Waals surface area (Å²) in [6, 6.07) is 12.1. The van der Waals surface area contributed by atoms with Gasteiger partial charge in [-0.3, -0.25) is 0 Å². The van der Waals surface area contributed by atoms with E-state index in [1.54, 1.807) is 0 Å². The van der Waals surface area contributed by atoms with E-state index in [4.69, 9.17) is 13.0 Å². The fourth-order valence-electron chi connectivity index (χ4n) is 2.85. The van der Waals surface area contributed by atoms with E-state index < -0.39 is 58.8 Å². The largest absolute Gasteiger partial charge is 1.00 e. The van der Waals surface area contributed by atoms with Gasteiger partial charge in [0.15, 0.2) is 10.1 Å². The van der Waals surface area contributed by atoms with Crippen molar-refractivity contribution in [1.29, 1.82) is 0 Å². The van der Waals surface area contributed by atoms with Crippen LogP contribution in [0, 0.1) is 0 Å². The van der Waals surface area contributed by atoms with Crippen LogP contribution in [-0.2, 0) is 51.0 Å². The second kappa shape index (κ2) is 12.8. The number of rotatable bonds is 3. The predicted molar refractivity (Wildman–Crippen MR) is 116 cm³/mol. The van der Waals surface area contributed by atoms with E-state index in [9.17, 15) is 52.7 Å². The molecule has 3 aromatic carbocycles. The first-order valence-corrected chi connectivity index (χ1v) is 12.6. The molecule has 0 heterocycles. The van der Waals surface area contributed by atoms with Crippen molar-refractivity contribution < 1.29 is 88.0 Å². The SMILES string of the molecule is FC(F)(F)c1ccc(P(c2ccc(C(F)(F)F)cc2)c2ccc(C(F)(F)F)cc2)cc1.O=S(=O)([O-])C(F)(F)F.[Au+]. The first-order valence-electron chi connectivity index (χ1n) is 9.86. The molecular formula is C22H12AuF12O3PS. The van der Waals surface area contributed by atoms with E-state index in [0.29, 0.717) is 15.9 Å². The van der Waals surface area contributed by atoms with Gasteiger partial charge in [0.1, 0.15) is 0 Å². The van der Waals surface area contributed by atoms with Gasteiger partial charge in [-0.05, 0) is 60.2 Å². The maximum Gasteiger partial charge on any atom is 1.00 e. The summed E-state index contributed by atoms with van der Waals surface area (Å²) in [6.45, 7) is 0. The van der Waals surface area contributed by atoms with Gasteiger partial charge < -0.3 is 4.55 Å². The maximum absolute atomic E-state index is 12.9. The molecule has 0 aliphatic rings. The molecule has 0 radical (unpaired) electrons. The van der Waals surface area contributed by atoms with Crippen LogP contribution in [0.25, 0.3) is 0 Å². The van der Waals surface area contributed by atoms with Crippen LogP contribution < -0.4 is 15.9 Å². The molecule has 0 unspecified atom stereocenters. The minimum Gasteiger partial charge on any atom is -0.741 e. The van der Waals surface area contributed by atoms with Crippen LogP contribution in [-0.4, -0.2) is 18.5 Å². The summed E-state index contributed by atoms with van der Waals surface area (Å²) in [5, 5.41) is 1.05. The normalized spacial score (nSPS) is 12.8. The molecule has 0 spiro atoms. The van der Waals surface area contributed by atoms with E-state index in [1.807, 2.05) is 0 Å². The van der Waals surface area contributed by atoms with Crippen molar-refractivity contribution in [1.82, 2.24) is 0 Å². The fraction of sp³-hybridized carbons (Fsp3) is 0.182. The van der Waals surface area contributed by atoms with Crippen molar-refractivity contribution >= 4 is 34.0 Å². The molecule has 0 bridgehead atoms. The molecule has 0 aromatic heterocycles. The number of halogens is 12. The first kappa shape index (κ1) is 35.9. The maximum atomic E-state index is 12.9. The molecule has 0 aliphatic heterocycles. The molecule has 3 rings (SSSR count). The van der Waals surface area contributed by atoms with Gasteiger partial charge in [-0.1, -0.05) is 36.4 Å². The van der Waals surface area contributed by atoms with Crippen LogP contribution in [0.1, 0.15) is 16.7 Å². The molecule has 3 aromatic rings. The second-order valence-electron chi connectivity index (χ2n) is 7.37. The molecule has 0 saturated carbocycles. The molecule has 224 valence electrons. The molecule has 0 aliphatic carbocycles. The summed E-state index contributed by atoms with van der Waals surface area (Å²) >= 11 is 0. The van der Waals surface area contributed by atoms with Crippen molar-refractivity contribution in [3.05, 3.63) is 89.5 Å². The fourth-order valence-corrected chi connectivity index (χ4v) is 5.08. The van der Waals surface area contributed by atoms with Crippen LogP contribution in [0.4, 0.5) is 52.7 Å². The van der Waals surface area contributed by atoms with Crippen molar-refractivity contribution in [2.24, 2.45) is 0 Å². The average molecular weight is 812 g/mol. The average Bonchev–Trinajstić information content (AvgIpc) is 2.78. The van der Waals surface area contributed by atoms with E-state index in [1.165, 1.54) is 36.4 Å². The van der Waals surface area contributed by atoms with E-state index in [0.717, 1.165) is 36.4 Å². The molecule has 0 amide bonds. The van der Waals surface area contributed by atoms with Crippen LogP contribution in [0.2, 0.25) is 0 Å². The summed E-state index contributed by atoms with van der Waals surface area (Å²) in [5.41, 5.74) is -8.38. The van der Waals surface area contributed by atoms with Gasteiger partial charge in [0.2, 0.25) is 0 Å². The number of hydrogen-bond acceptors (Lipinski definition) is 3. The Morgan fingerprint density at radius 2 is 0.650 bits per heavy atom. The summed E-state index contributed by atoms with van der Waals surface area (Å²) in [4.78, 5) is 0. The van der Waals surface area contributed by atoms with Crippen LogP contribution in [0.15, 0.2) is 72.8 Å². The van der Waals surface area contributed by atoms with E-state index in [-0.39, 0.29) is 22.4 Å². The van der Waals surface area contributed by atoms with Crippen LogP contribution in [0.5, 0.6) is 0 Å². The van der Waals surface area contributed by atoms with Crippen molar-refractivity contribution in [3.63, 3.8) is 0 Å². The Morgan fingerprint density at radius 1 is 0.475 bits per heavy atom. The van der Waals surface area contributed by atoms with Gasteiger partial charge in [0.25, 0.3) is 0 Å². The van der Waals surface area contributed by atoms with Gasteiger partial charge in [-0.15, -0.1) is 0 Å². The van der Waals surface area contributed by atoms with Gasteiger partial charge in [-0.25, -0.2) is 8.42 Å². The van der Waals surface area contributed by atoms with Crippen molar-refractivity contribution in [3.8, 4) is 0 Å². The molecule has 0 saturated heterocycles. The Labute approximate surface area is 235 Å². The molecule has 40 heavy (non-hydrogen) atoms. The van der Waals surface area contributed by atoms with Crippen molar-refractivity contribution in [2.45, 2.75) is 24.0 Å². The Bertz CT molecular complexity index is 1210. The van der Waals surface area contributed by atoms with E-state index in [2.05, 4.69) is 0 Å². The minimum atomic E-state index is -6.09. The molecule has 3 nitrogen and oxygen atoms in total. The summed E-state index contributed by atoms with van der Waals surface area (Å²) in [7, 11) is -7.78. The van der Waals surface area contributed by atoms with Crippen molar-refractivity contribution in [2.75, 3.05) is 0 Å². The van der Waals surface area contributed by atoms with Gasteiger partial charge in [0.05, 0.1) is 16.7 Å². The third kappa shape index (κ3) is 9.77. The Kier molecular flexibility index (Phi) is 11.5. The quantitative estimate of drug-likeness (QED) is 0.0993. The predicted octanol–water partition coefficient (Wildman–Crippen LogP) is 6.55. The smallest absolute Gasteiger partial charge is 0.741 e. The summed E-state index contributed by atoms with van der Waals surface area (Å²) in [6.07, 6.45) is -13.7. The molecule has 0 fully saturated rings. The zero-order valence-electron chi connectivity index (χ0n) is 18.8. The Hall–Kier alpha value is -2.10. The van der Waals surface area contributed by atoms with Crippen LogP contribution in [0.3, 0.4) is 0 Å². The summed E-state index contributed by atoms with van der Waals surface area (Å²) in [5.74, 6) is 0. The zero-order valence-corrected chi connectivity index (χ0v) is 22.7. The summed E-state index contributed by atoms with van der Waals surface area (Å²) < 4.78 is 175.